The summed E-state index contributed by atoms with van der Waals surface area (Å²) in [4.78, 5) is 14.2. The second-order valence-corrected chi connectivity index (χ2v) is 6.95. The van der Waals surface area contributed by atoms with E-state index in [0.29, 0.717) is 0 Å². The number of rotatable bonds is 3. The molecule has 5 heteroatoms. The standard InChI is InChI=1S/C19H23N5/c1-14-2-4-15(5-3-14)12-19(20)7-10-24(11-8-19)18-16-6-9-21-17(16)22-13-23-18/h2-6,9,13H,7-8,10-12,20H2,1H3,(H,21,22,23). The fourth-order valence-corrected chi connectivity index (χ4v) is 3.56. The molecule has 0 radical (unpaired) electrons. The topological polar surface area (TPSA) is 70.8 Å². The third-order valence-corrected chi connectivity index (χ3v) is 5.07. The van der Waals surface area contributed by atoms with Gasteiger partial charge in [-0.15, -0.1) is 0 Å². The van der Waals surface area contributed by atoms with Crippen LogP contribution in [0.5, 0.6) is 0 Å². The van der Waals surface area contributed by atoms with Gasteiger partial charge in [-0.1, -0.05) is 29.8 Å². The largest absolute Gasteiger partial charge is 0.356 e. The smallest absolute Gasteiger partial charge is 0.142 e. The quantitative estimate of drug-likeness (QED) is 0.778. The number of nitrogens with two attached hydrogens (primary N) is 1. The Morgan fingerprint density at radius 2 is 1.88 bits per heavy atom. The summed E-state index contributed by atoms with van der Waals surface area (Å²) in [7, 11) is 0. The minimum Gasteiger partial charge on any atom is -0.356 e. The van der Waals surface area contributed by atoms with Gasteiger partial charge in [-0.3, -0.25) is 0 Å². The van der Waals surface area contributed by atoms with Crippen LogP contribution in [0.15, 0.2) is 42.9 Å². The molecule has 0 atom stereocenters. The molecule has 3 N–H and O–H groups in total. The van der Waals surface area contributed by atoms with Crippen molar-refractivity contribution in [1.82, 2.24) is 15.0 Å². The summed E-state index contributed by atoms with van der Waals surface area (Å²) < 4.78 is 0. The highest BCUT2D eigenvalue weighted by atomic mass is 15.2. The second kappa shape index (κ2) is 5.91. The number of H-pyrrole nitrogens is 1. The SMILES string of the molecule is Cc1ccc(CC2(N)CCN(c3ncnc4[nH]ccc34)CC2)cc1. The van der Waals surface area contributed by atoms with Gasteiger partial charge in [-0.25, -0.2) is 9.97 Å². The number of hydrogen-bond acceptors (Lipinski definition) is 4. The maximum atomic E-state index is 6.70. The Balaban J connectivity index is 1.48. The molecule has 0 amide bonds. The van der Waals surface area contributed by atoms with Gasteiger partial charge >= 0.3 is 0 Å². The number of nitrogens with zero attached hydrogens (tertiary/aromatic N) is 3. The summed E-state index contributed by atoms with van der Waals surface area (Å²) in [5, 5.41) is 1.08. The summed E-state index contributed by atoms with van der Waals surface area (Å²) in [5.41, 5.74) is 10.1. The van der Waals surface area contributed by atoms with Crippen molar-refractivity contribution in [3.8, 4) is 0 Å². The zero-order chi connectivity index (χ0) is 16.6. The maximum Gasteiger partial charge on any atom is 0.142 e. The molecule has 24 heavy (non-hydrogen) atoms. The van der Waals surface area contributed by atoms with Crippen LogP contribution in [0.3, 0.4) is 0 Å². The zero-order valence-electron chi connectivity index (χ0n) is 14.0. The summed E-state index contributed by atoms with van der Waals surface area (Å²) in [6.07, 6.45) is 6.42. The van der Waals surface area contributed by atoms with Gasteiger partial charge < -0.3 is 15.6 Å². The van der Waals surface area contributed by atoms with Crippen molar-refractivity contribution in [3.63, 3.8) is 0 Å². The number of fused-ring (bicyclic) bond motifs is 1. The molecule has 0 spiro atoms. The Kier molecular flexibility index (Phi) is 3.73. The second-order valence-electron chi connectivity index (χ2n) is 6.95. The van der Waals surface area contributed by atoms with Crippen LogP contribution in [0.4, 0.5) is 5.82 Å². The van der Waals surface area contributed by atoms with Crippen LogP contribution in [0, 0.1) is 6.92 Å². The van der Waals surface area contributed by atoms with Gasteiger partial charge in [0.1, 0.15) is 17.8 Å². The van der Waals surface area contributed by atoms with Crippen LogP contribution >= 0.6 is 0 Å². The van der Waals surface area contributed by atoms with Crippen molar-refractivity contribution in [2.75, 3.05) is 18.0 Å². The Morgan fingerprint density at radius 3 is 2.62 bits per heavy atom. The summed E-state index contributed by atoms with van der Waals surface area (Å²) in [5.74, 6) is 1.01. The van der Waals surface area contributed by atoms with E-state index in [1.54, 1.807) is 6.33 Å². The van der Waals surface area contributed by atoms with Crippen LogP contribution < -0.4 is 10.6 Å². The van der Waals surface area contributed by atoms with Crippen molar-refractivity contribution >= 4 is 16.9 Å². The van der Waals surface area contributed by atoms with E-state index < -0.39 is 0 Å². The lowest BCUT2D eigenvalue weighted by Crippen LogP contribution is -2.52. The van der Waals surface area contributed by atoms with Gasteiger partial charge in [-0.05, 0) is 37.8 Å². The van der Waals surface area contributed by atoms with Crippen molar-refractivity contribution in [2.24, 2.45) is 5.73 Å². The molecule has 3 heterocycles. The van der Waals surface area contributed by atoms with Gasteiger partial charge in [0.05, 0.1) is 5.39 Å². The first-order valence-electron chi connectivity index (χ1n) is 8.50. The third kappa shape index (κ3) is 2.87. The number of piperidine rings is 1. The normalized spacial score (nSPS) is 17.3. The molecule has 0 bridgehead atoms. The lowest BCUT2D eigenvalue weighted by atomic mass is 9.82. The molecular formula is C19H23N5. The van der Waals surface area contributed by atoms with Crippen molar-refractivity contribution in [3.05, 3.63) is 54.0 Å². The first-order valence-corrected chi connectivity index (χ1v) is 8.50. The average Bonchev–Trinajstić information content (AvgIpc) is 3.06. The predicted octanol–water partition coefficient (Wildman–Crippen LogP) is 2.81. The fraction of sp³-hybridized carbons (Fsp3) is 0.368. The van der Waals surface area contributed by atoms with Gasteiger partial charge in [0, 0.05) is 24.8 Å². The molecule has 0 saturated carbocycles. The molecular weight excluding hydrogens is 298 g/mol. The van der Waals surface area contributed by atoms with E-state index in [1.807, 2.05) is 12.3 Å². The number of aromatic nitrogens is 3. The van der Waals surface area contributed by atoms with Crippen molar-refractivity contribution in [2.45, 2.75) is 31.7 Å². The molecule has 1 aliphatic heterocycles. The van der Waals surface area contributed by atoms with E-state index in [4.69, 9.17) is 5.73 Å². The number of anilines is 1. The molecule has 2 aromatic heterocycles. The Bertz CT molecular complexity index is 828. The van der Waals surface area contributed by atoms with Crippen LogP contribution in [-0.4, -0.2) is 33.6 Å². The summed E-state index contributed by atoms with van der Waals surface area (Å²) in [6, 6.07) is 10.8. The molecule has 1 fully saturated rings. The molecule has 1 saturated heterocycles. The highest BCUT2D eigenvalue weighted by molar-refractivity contribution is 5.87. The Morgan fingerprint density at radius 1 is 1.12 bits per heavy atom. The molecule has 4 rings (SSSR count). The molecule has 5 nitrogen and oxygen atoms in total. The molecule has 3 aromatic rings. The molecule has 1 aliphatic rings. The molecule has 1 aromatic carbocycles. The van der Waals surface area contributed by atoms with Crippen LogP contribution in [0.25, 0.3) is 11.0 Å². The Labute approximate surface area is 141 Å². The number of hydrogen-bond donors (Lipinski definition) is 2. The van der Waals surface area contributed by atoms with E-state index in [0.717, 1.165) is 49.2 Å². The highest BCUT2D eigenvalue weighted by Crippen LogP contribution is 2.29. The number of aromatic amines is 1. The molecule has 0 aliphatic carbocycles. The van der Waals surface area contributed by atoms with Gasteiger partial charge in [0.25, 0.3) is 0 Å². The average molecular weight is 321 g/mol. The third-order valence-electron chi connectivity index (χ3n) is 5.07. The first kappa shape index (κ1) is 15.1. The van der Waals surface area contributed by atoms with E-state index in [2.05, 4.69) is 51.0 Å². The monoisotopic (exact) mass is 321 g/mol. The van der Waals surface area contributed by atoms with Gasteiger partial charge in [-0.2, -0.15) is 0 Å². The van der Waals surface area contributed by atoms with Crippen molar-refractivity contribution in [1.29, 1.82) is 0 Å². The van der Waals surface area contributed by atoms with Crippen LogP contribution in [0.1, 0.15) is 24.0 Å². The van der Waals surface area contributed by atoms with Gasteiger partial charge in [0.2, 0.25) is 0 Å². The van der Waals surface area contributed by atoms with E-state index in [9.17, 15) is 0 Å². The summed E-state index contributed by atoms with van der Waals surface area (Å²) >= 11 is 0. The lowest BCUT2D eigenvalue weighted by Gasteiger charge is -2.40. The van der Waals surface area contributed by atoms with E-state index in [-0.39, 0.29) is 5.54 Å². The Hall–Kier alpha value is -2.40. The first-order chi connectivity index (χ1) is 11.6. The van der Waals surface area contributed by atoms with E-state index in [1.165, 1.54) is 11.1 Å². The lowest BCUT2D eigenvalue weighted by molar-refractivity contribution is 0.330. The van der Waals surface area contributed by atoms with Gasteiger partial charge in [0.15, 0.2) is 0 Å². The predicted molar refractivity (Wildman–Crippen MR) is 97.1 cm³/mol. The van der Waals surface area contributed by atoms with Crippen LogP contribution in [-0.2, 0) is 6.42 Å². The summed E-state index contributed by atoms with van der Waals surface area (Å²) in [6.45, 7) is 3.98. The number of benzene rings is 1. The molecule has 0 unspecified atom stereocenters. The zero-order valence-corrected chi connectivity index (χ0v) is 14.0. The minimum absolute atomic E-state index is 0.129. The maximum absolute atomic E-state index is 6.70. The number of nitrogens with one attached hydrogen (secondary N) is 1. The van der Waals surface area contributed by atoms with E-state index >= 15 is 0 Å². The molecule has 124 valence electrons. The minimum atomic E-state index is -0.129. The fourth-order valence-electron chi connectivity index (χ4n) is 3.56. The van der Waals surface area contributed by atoms with Crippen LogP contribution in [0.2, 0.25) is 0 Å². The number of aryl methyl sites for hydroxylation is 1. The highest BCUT2D eigenvalue weighted by Gasteiger charge is 2.31. The van der Waals surface area contributed by atoms with Crippen molar-refractivity contribution < 1.29 is 0 Å².